The van der Waals surface area contributed by atoms with Crippen LogP contribution in [0.1, 0.15) is 19.3 Å². The quantitative estimate of drug-likeness (QED) is 0.148. The molecular formula is C34H36N6O5S. The number of anilines is 4. The minimum atomic E-state index is -4.15. The summed E-state index contributed by atoms with van der Waals surface area (Å²) in [6.45, 7) is 0.660. The van der Waals surface area contributed by atoms with Crippen LogP contribution >= 0.6 is 0 Å². The summed E-state index contributed by atoms with van der Waals surface area (Å²) in [6, 6.07) is 18.3. The van der Waals surface area contributed by atoms with Crippen molar-refractivity contribution in [2.45, 2.75) is 24.2 Å². The predicted octanol–water partition coefficient (Wildman–Crippen LogP) is 5.94. The molecule has 11 nitrogen and oxygen atoms in total. The lowest BCUT2D eigenvalue weighted by Crippen LogP contribution is -2.29. The minimum Gasteiger partial charge on any atom is -0.497 e. The molecule has 1 aromatic heterocycles. The van der Waals surface area contributed by atoms with Gasteiger partial charge in [-0.25, -0.2) is 18.4 Å². The molecule has 0 fully saturated rings. The number of allylic oxidation sites excluding steroid dienone is 5. The van der Waals surface area contributed by atoms with E-state index in [-0.39, 0.29) is 29.0 Å². The van der Waals surface area contributed by atoms with Gasteiger partial charge in [-0.3, -0.25) is 9.52 Å². The average molecular weight is 641 g/mol. The maximum absolute atomic E-state index is 13.6. The van der Waals surface area contributed by atoms with E-state index in [1.807, 2.05) is 24.3 Å². The largest absolute Gasteiger partial charge is 0.497 e. The number of sulfonamides is 1. The van der Waals surface area contributed by atoms with Crippen molar-refractivity contribution in [2.24, 2.45) is 0 Å². The van der Waals surface area contributed by atoms with Gasteiger partial charge >= 0.3 is 0 Å². The highest BCUT2D eigenvalue weighted by molar-refractivity contribution is 7.92. The number of ether oxygens (including phenoxy) is 2. The molecule has 0 aliphatic heterocycles. The molecule has 0 bridgehead atoms. The number of aromatic nitrogens is 2. The third kappa shape index (κ3) is 8.71. The van der Waals surface area contributed by atoms with E-state index in [1.165, 1.54) is 31.9 Å². The Morgan fingerprint density at radius 3 is 2.33 bits per heavy atom. The number of nitrogens with one attached hydrogen (secondary N) is 4. The van der Waals surface area contributed by atoms with Crippen LogP contribution in [-0.2, 0) is 14.8 Å². The molecule has 3 aromatic carbocycles. The molecule has 1 aliphatic rings. The molecule has 5 rings (SSSR count). The molecule has 1 aliphatic carbocycles. The highest BCUT2D eigenvalue weighted by Gasteiger charge is 2.20. The van der Waals surface area contributed by atoms with Crippen molar-refractivity contribution in [1.82, 2.24) is 15.3 Å². The summed E-state index contributed by atoms with van der Waals surface area (Å²) in [4.78, 5) is 21.8. The Bertz CT molecular complexity index is 1880. The van der Waals surface area contributed by atoms with Gasteiger partial charge in [0, 0.05) is 36.1 Å². The number of benzene rings is 3. The normalized spacial score (nSPS) is 13.2. The van der Waals surface area contributed by atoms with Crippen molar-refractivity contribution in [1.29, 1.82) is 0 Å². The standard InChI is InChI=1S/C34H36N6O5S/c1-44-27-18-26(19-28(21-27)45-2)37-33-34(39-31-17-10-9-16-30(31)38-33)40-46(42,43)29-15-11-14-25(20-29)36-32(41)23-35-22-24-12-7-5-3-4-6-8-13-24/h3-5,7,9-12,14-21,35H,6,8,13,22-23H2,1-2H3,(H,36,41)(H,37,38)(H,39,40). The Kier molecular flexibility index (Phi) is 10.6. The maximum atomic E-state index is 13.6. The first-order valence-electron chi connectivity index (χ1n) is 14.7. The summed E-state index contributed by atoms with van der Waals surface area (Å²) >= 11 is 0. The summed E-state index contributed by atoms with van der Waals surface area (Å²) in [5, 5.41) is 9.09. The van der Waals surface area contributed by atoms with Crippen LogP contribution in [0.25, 0.3) is 11.0 Å². The van der Waals surface area contributed by atoms with Gasteiger partial charge in [-0.2, -0.15) is 0 Å². The highest BCUT2D eigenvalue weighted by Crippen LogP contribution is 2.31. The van der Waals surface area contributed by atoms with Crippen molar-refractivity contribution >= 4 is 50.0 Å². The Morgan fingerprint density at radius 1 is 0.848 bits per heavy atom. The van der Waals surface area contributed by atoms with Gasteiger partial charge in [0.25, 0.3) is 10.0 Å². The van der Waals surface area contributed by atoms with Crippen LogP contribution in [0.5, 0.6) is 11.5 Å². The fourth-order valence-electron chi connectivity index (χ4n) is 4.75. The summed E-state index contributed by atoms with van der Waals surface area (Å²) in [5.74, 6) is 0.950. The second kappa shape index (κ2) is 15.2. The van der Waals surface area contributed by atoms with Crippen LogP contribution in [-0.4, -0.2) is 51.6 Å². The van der Waals surface area contributed by atoms with E-state index < -0.39 is 10.0 Å². The molecule has 1 heterocycles. The second-order valence-electron chi connectivity index (χ2n) is 10.5. The molecule has 4 aromatic rings. The predicted molar refractivity (Wildman–Crippen MR) is 181 cm³/mol. The van der Waals surface area contributed by atoms with Crippen molar-refractivity contribution < 1.29 is 22.7 Å². The molecule has 0 unspecified atom stereocenters. The number of hydrogen-bond acceptors (Lipinski definition) is 9. The Morgan fingerprint density at radius 2 is 1.59 bits per heavy atom. The molecule has 238 valence electrons. The Labute approximate surface area is 268 Å². The average Bonchev–Trinajstić information content (AvgIpc) is 3.19. The number of fused-ring (bicyclic) bond motifs is 1. The number of carbonyl (C=O) groups excluding carboxylic acids is 1. The molecule has 12 heteroatoms. The Balaban J connectivity index is 1.31. The summed E-state index contributed by atoms with van der Waals surface area (Å²) in [5.41, 5.74) is 3.17. The van der Waals surface area contributed by atoms with Gasteiger partial charge < -0.3 is 25.4 Å². The maximum Gasteiger partial charge on any atom is 0.263 e. The van der Waals surface area contributed by atoms with Gasteiger partial charge in [0.15, 0.2) is 11.6 Å². The minimum absolute atomic E-state index is 0.0102. The van der Waals surface area contributed by atoms with Gasteiger partial charge in [-0.1, -0.05) is 54.2 Å². The van der Waals surface area contributed by atoms with E-state index in [0.717, 1.165) is 19.3 Å². The number of para-hydroxylation sites is 2. The summed E-state index contributed by atoms with van der Waals surface area (Å²) in [7, 11) is -1.08. The summed E-state index contributed by atoms with van der Waals surface area (Å²) < 4.78 is 40.5. The fourth-order valence-corrected chi connectivity index (χ4v) is 5.81. The van der Waals surface area contributed by atoms with Gasteiger partial charge in [0.05, 0.1) is 36.7 Å². The lowest BCUT2D eigenvalue weighted by Gasteiger charge is -2.15. The number of nitrogens with zero attached hydrogens (tertiary/aromatic N) is 2. The van der Waals surface area contributed by atoms with Crippen molar-refractivity contribution in [3.8, 4) is 11.5 Å². The first-order chi connectivity index (χ1) is 22.3. The molecule has 0 saturated heterocycles. The van der Waals surface area contributed by atoms with Crippen molar-refractivity contribution in [2.75, 3.05) is 42.7 Å². The van der Waals surface area contributed by atoms with Crippen LogP contribution in [0.2, 0.25) is 0 Å². The van der Waals surface area contributed by atoms with Crippen molar-refractivity contribution in [3.05, 3.63) is 103 Å². The van der Waals surface area contributed by atoms with Gasteiger partial charge in [0.1, 0.15) is 11.5 Å². The third-order valence-corrected chi connectivity index (χ3v) is 8.38. The van der Waals surface area contributed by atoms with E-state index >= 15 is 0 Å². The van der Waals surface area contributed by atoms with Crippen LogP contribution in [0.3, 0.4) is 0 Å². The molecule has 0 atom stereocenters. The van der Waals surface area contributed by atoms with E-state index in [1.54, 1.807) is 48.5 Å². The zero-order chi connectivity index (χ0) is 32.4. The lowest BCUT2D eigenvalue weighted by molar-refractivity contribution is -0.115. The smallest absolute Gasteiger partial charge is 0.263 e. The molecule has 0 radical (unpaired) electrons. The molecular weight excluding hydrogens is 604 g/mol. The molecule has 46 heavy (non-hydrogen) atoms. The van der Waals surface area contributed by atoms with Crippen LogP contribution in [0, 0.1) is 0 Å². The molecule has 0 spiro atoms. The first kappa shape index (κ1) is 32.2. The van der Waals surface area contributed by atoms with Gasteiger partial charge in [-0.15, -0.1) is 0 Å². The Hall–Kier alpha value is -5.20. The number of carbonyl (C=O) groups is 1. The number of hydrogen-bond donors (Lipinski definition) is 4. The highest BCUT2D eigenvalue weighted by atomic mass is 32.2. The molecule has 1 amide bonds. The number of amides is 1. The second-order valence-corrected chi connectivity index (χ2v) is 12.1. The van der Waals surface area contributed by atoms with E-state index in [9.17, 15) is 13.2 Å². The topological polar surface area (TPSA) is 144 Å². The number of rotatable bonds is 12. The van der Waals surface area contributed by atoms with E-state index in [0.29, 0.717) is 40.5 Å². The third-order valence-electron chi connectivity index (χ3n) is 7.04. The first-order valence-corrected chi connectivity index (χ1v) is 16.2. The van der Waals surface area contributed by atoms with Gasteiger partial charge in [0.2, 0.25) is 5.91 Å². The lowest BCUT2D eigenvalue weighted by atomic mass is 10.1. The van der Waals surface area contributed by atoms with Crippen LogP contribution in [0.15, 0.2) is 108 Å². The SMILES string of the molecule is COc1cc(Nc2nc3ccccc3nc2NS(=O)(=O)c2cccc(NC(=O)CNCC3=CC=CC=CCCC3)c2)cc(OC)c1. The monoisotopic (exact) mass is 640 g/mol. The number of methoxy groups -OCH3 is 2. The van der Waals surface area contributed by atoms with Crippen LogP contribution < -0.4 is 30.1 Å². The van der Waals surface area contributed by atoms with E-state index in [2.05, 4.69) is 42.8 Å². The van der Waals surface area contributed by atoms with E-state index in [4.69, 9.17) is 9.47 Å². The van der Waals surface area contributed by atoms with Crippen molar-refractivity contribution in [3.63, 3.8) is 0 Å². The zero-order valence-electron chi connectivity index (χ0n) is 25.6. The van der Waals surface area contributed by atoms with Crippen LogP contribution in [0.4, 0.5) is 23.0 Å². The zero-order valence-corrected chi connectivity index (χ0v) is 26.4. The van der Waals surface area contributed by atoms with Gasteiger partial charge in [-0.05, 0) is 49.6 Å². The summed E-state index contributed by atoms with van der Waals surface area (Å²) in [6.07, 6.45) is 13.2. The molecule has 0 saturated carbocycles. The fraction of sp³-hybridized carbons (Fsp3) is 0.206. The molecule has 4 N–H and O–H groups in total.